The summed E-state index contributed by atoms with van der Waals surface area (Å²) in [6, 6.07) is -0.656. The highest BCUT2D eigenvalue weighted by molar-refractivity contribution is 5.83. The number of nitrogens with one attached hydrogen (secondary N) is 1. The van der Waals surface area contributed by atoms with E-state index in [4.69, 9.17) is 5.73 Å². The van der Waals surface area contributed by atoms with E-state index in [1.807, 2.05) is 13.8 Å². The predicted molar refractivity (Wildman–Crippen MR) is 72.3 cm³/mol. The third kappa shape index (κ3) is 3.91. The molecule has 19 heavy (non-hydrogen) atoms. The Bertz CT molecular complexity index is 318. The minimum atomic E-state index is -1.18. The second kappa shape index (κ2) is 7.45. The van der Waals surface area contributed by atoms with Crippen molar-refractivity contribution in [3.63, 3.8) is 0 Å². The average Bonchev–Trinajstić information content (AvgIpc) is 2.74. The molecule has 2 amide bonds. The van der Waals surface area contributed by atoms with Gasteiger partial charge < -0.3 is 21.1 Å². The Kier molecular flexibility index (Phi) is 6.24. The Hall–Kier alpha value is -1.14. The molecule has 2 saturated heterocycles. The van der Waals surface area contributed by atoms with Crippen LogP contribution in [-0.2, 0) is 9.59 Å². The van der Waals surface area contributed by atoms with Gasteiger partial charge in [-0.25, -0.2) is 0 Å². The van der Waals surface area contributed by atoms with Crippen molar-refractivity contribution < 1.29 is 14.7 Å². The Labute approximate surface area is 114 Å². The first-order chi connectivity index (χ1) is 9.09. The van der Waals surface area contributed by atoms with E-state index in [1.165, 1.54) is 0 Å². The summed E-state index contributed by atoms with van der Waals surface area (Å²) < 4.78 is 0. The fourth-order valence-electron chi connectivity index (χ4n) is 2.23. The SMILES string of the molecule is CC.NC(CC1CCNC1=O)C(O)C(=O)N1CCC1. The lowest BCUT2D eigenvalue weighted by Gasteiger charge is -2.34. The number of nitrogens with two attached hydrogens (primary N) is 1. The number of nitrogens with zero attached hydrogens (tertiary/aromatic N) is 1. The van der Waals surface area contributed by atoms with Crippen molar-refractivity contribution in [2.45, 2.75) is 45.3 Å². The van der Waals surface area contributed by atoms with Crippen LogP contribution in [0, 0.1) is 5.92 Å². The molecule has 6 nitrogen and oxygen atoms in total. The lowest BCUT2D eigenvalue weighted by Crippen LogP contribution is -2.53. The van der Waals surface area contributed by atoms with E-state index in [0.29, 0.717) is 26.1 Å². The molecule has 3 atom stereocenters. The first-order valence-electron chi connectivity index (χ1n) is 7.09. The summed E-state index contributed by atoms with van der Waals surface area (Å²) in [5.41, 5.74) is 5.80. The van der Waals surface area contributed by atoms with Gasteiger partial charge in [-0.1, -0.05) is 13.8 Å². The maximum atomic E-state index is 11.7. The molecule has 3 unspecified atom stereocenters. The number of aliphatic hydroxyl groups is 1. The lowest BCUT2D eigenvalue weighted by atomic mass is 9.95. The molecule has 0 aromatic heterocycles. The number of hydrogen-bond acceptors (Lipinski definition) is 4. The van der Waals surface area contributed by atoms with Gasteiger partial charge in [-0.15, -0.1) is 0 Å². The van der Waals surface area contributed by atoms with E-state index in [-0.39, 0.29) is 17.7 Å². The van der Waals surface area contributed by atoms with Crippen LogP contribution < -0.4 is 11.1 Å². The van der Waals surface area contributed by atoms with Crippen molar-refractivity contribution in [3.05, 3.63) is 0 Å². The molecule has 2 aliphatic rings. The number of carbonyl (C=O) groups is 2. The van der Waals surface area contributed by atoms with Crippen molar-refractivity contribution >= 4 is 11.8 Å². The zero-order chi connectivity index (χ0) is 14.4. The molecular formula is C13H25N3O3. The molecule has 2 fully saturated rings. The molecule has 110 valence electrons. The maximum absolute atomic E-state index is 11.7. The quantitative estimate of drug-likeness (QED) is 0.640. The van der Waals surface area contributed by atoms with E-state index >= 15 is 0 Å². The van der Waals surface area contributed by atoms with Crippen LogP contribution in [0.2, 0.25) is 0 Å². The van der Waals surface area contributed by atoms with Gasteiger partial charge in [-0.05, 0) is 19.3 Å². The molecule has 0 spiro atoms. The molecular weight excluding hydrogens is 246 g/mol. The van der Waals surface area contributed by atoms with Crippen LogP contribution in [0.5, 0.6) is 0 Å². The topological polar surface area (TPSA) is 95.7 Å². The normalized spacial score (nSPS) is 24.7. The van der Waals surface area contributed by atoms with E-state index in [2.05, 4.69) is 5.32 Å². The summed E-state index contributed by atoms with van der Waals surface area (Å²) >= 11 is 0. The second-order valence-corrected chi connectivity index (χ2v) is 4.80. The molecule has 0 radical (unpaired) electrons. The minimum absolute atomic E-state index is 0.0240. The highest BCUT2D eigenvalue weighted by Crippen LogP contribution is 2.18. The van der Waals surface area contributed by atoms with Gasteiger partial charge in [-0.2, -0.15) is 0 Å². The molecule has 2 rings (SSSR count). The van der Waals surface area contributed by atoms with Gasteiger partial charge in [-0.3, -0.25) is 9.59 Å². The molecule has 4 N–H and O–H groups in total. The van der Waals surface area contributed by atoms with Crippen molar-refractivity contribution in [3.8, 4) is 0 Å². The van der Waals surface area contributed by atoms with Gasteiger partial charge in [0, 0.05) is 31.6 Å². The van der Waals surface area contributed by atoms with Crippen molar-refractivity contribution in [1.29, 1.82) is 0 Å². The first-order valence-corrected chi connectivity index (χ1v) is 7.09. The summed E-state index contributed by atoms with van der Waals surface area (Å²) in [7, 11) is 0. The van der Waals surface area contributed by atoms with Crippen LogP contribution in [-0.4, -0.2) is 53.6 Å². The number of rotatable bonds is 4. The van der Waals surface area contributed by atoms with E-state index in [0.717, 1.165) is 12.8 Å². The number of amides is 2. The van der Waals surface area contributed by atoms with E-state index in [1.54, 1.807) is 4.90 Å². The highest BCUT2D eigenvalue weighted by atomic mass is 16.3. The van der Waals surface area contributed by atoms with Gasteiger partial charge in [0.25, 0.3) is 5.91 Å². The third-order valence-corrected chi connectivity index (χ3v) is 3.55. The van der Waals surface area contributed by atoms with Crippen LogP contribution >= 0.6 is 0 Å². The Morgan fingerprint density at radius 3 is 2.58 bits per heavy atom. The molecule has 0 bridgehead atoms. The van der Waals surface area contributed by atoms with Crippen LogP contribution in [0.4, 0.5) is 0 Å². The van der Waals surface area contributed by atoms with Gasteiger partial charge in [0.1, 0.15) is 6.10 Å². The zero-order valence-corrected chi connectivity index (χ0v) is 11.8. The molecule has 0 aliphatic carbocycles. The van der Waals surface area contributed by atoms with Crippen molar-refractivity contribution in [1.82, 2.24) is 10.2 Å². The molecule has 2 heterocycles. The first kappa shape index (κ1) is 15.9. The van der Waals surface area contributed by atoms with Crippen LogP contribution in [0.3, 0.4) is 0 Å². The number of carbonyl (C=O) groups excluding carboxylic acids is 2. The predicted octanol–water partition coefficient (Wildman–Crippen LogP) is -0.541. The summed E-state index contributed by atoms with van der Waals surface area (Å²) in [5.74, 6) is -0.491. The molecule has 2 aliphatic heterocycles. The standard InChI is InChI=1S/C11H19N3O3.C2H6/c12-8(6-7-2-3-13-10(7)16)9(15)11(17)14-4-1-5-14;1-2/h7-9,15H,1-6,12H2,(H,13,16);1-2H3. The molecule has 0 saturated carbocycles. The maximum Gasteiger partial charge on any atom is 0.253 e. The average molecular weight is 271 g/mol. The largest absolute Gasteiger partial charge is 0.382 e. The summed E-state index contributed by atoms with van der Waals surface area (Å²) in [6.45, 7) is 6.06. The number of hydrogen-bond donors (Lipinski definition) is 3. The van der Waals surface area contributed by atoms with Crippen molar-refractivity contribution in [2.24, 2.45) is 11.7 Å². The van der Waals surface area contributed by atoms with E-state index in [9.17, 15) is 14.7 Å². The minimum Gasteiger partial charge on any atom is -0.382 e. The summed E-state index contributed by atoms with van der Waals surface area (Å²) in [4.78, 5) is 24.7. The van der Waals surface area contributed by atoms with Gasteiger partial charge >= 0.3 is 0 Å². The zero-order valence-electron chi connectivity index (χ0n) is 11.8. The second-order valence-electron chi connectivity index (χ2n) is 4.80. The van der Waals surface area contributed by atoms with Crippen LogP contribution in [0.15, 0.2) is 0 Å². The number of aliphatic hydroxyl groups excluding tert-OH is 1. The summed E-state index contributed by atoms with van der Waals surface area (Å²) in [6.07, 6.45) is 0.909. The summed E-state index contributed by atoms with van der Waals surface area (Å²) in [5, 5.41) is 12.5. The third-order valence-electron chi connectivity index (χ3n) is 3.55. The Morgan fingerprint density at radius 2 is 2.16 bits per heavy atom. The Morgan fingerprint density at radius 1 is 1.53 bits per heavy atom. The monoisotopic (exact) mass is 271 g/mol. The van der Waals surface area contributed by atoms with Gasteiger partial charge in [0.15, 0.2) is 0 Å². The van der Waals surface area contributed by atoms with Crippen LogP contribution in [0.1, 0.15) is 33.1 Å². The molecule has 0 aromatic carbocycles. The Balaban J connectivity index is 0.000000861. The molecule has 0 aromatic rings. The lowest BCUT2D eigenvalue weighted by molar-refractivity contribution is -0.145. The molecule has 6 heteroatoms. The van der Waals surface area contributed by atoms with Gasteiger partial charge in [0.2, 0.25) is 5.91 Å². The fraction of sp³-hybridized carbons (Fsp3) is 0.846. The fourth-order valence-corrected chi connectivity index (χ4v) is 2.23. The van der Waals surface area contributed by atoms with Crippen molar-refractivity contribution in [2.75, 3.05) is 19.6 Å². The van der Waals surface area contributed by atoms with Gasteiger partial charge in [0.05, 0.1) is 0 Å². The van der Waals surface area contributed by atoms with E-state index < -0.39 is 12.1 Å². The van der Waals surface area contributed by atoms with Crippen LogP contribution in [0.25, 0.3) is 0 Å². The smallest absolute Gasteiger partial charge is 0.253 e. The highest BCUT2D eigenvalue weighted by Gasteiger charge is 2.34. The number of likely N-dealkylation sites (tertiary alicyclic amines) is 1.